The molecular formula is C38H32N2O2S. The van der Waals surface area contributed by atoms with Crippen LogP contribution in [0.3, 0.4) is 0 Å². The lowest BCUT2D eigenvalue weighted by Crippen LogP contribution is -2.14. The van der Waals surface area contributed by atoms with E-state index in [1.807, 2.05) is 54.6 Å². The summed E-state index contributed by atoms with van der Waals surface area (Å²) in [5, 5.41) is 2.15. The highest BCUT2D eigenvalue weighted by molar-refractivity contribution is 7.90. The van der Waals surface area contributed by atoms with E-state index in [0.717, 1.165) is 22.9 Å². The molecule has 212 valence electrons. The summed E-state index contributed by atoms with van der Waals surface area (Å²) in [6, 6.07) is 44.9. The molecule has 4 nitrogen and oxygen atoms in total. The number of rotatable bonds is 6. The maximum absolute atomic E-state index is 13.4. The highest BCUT2D eigenvalue weighted by Gasteiger charge is 2.23. The number of fused-ring (bicyclic) bond motifs is 2. The fraction of sp³-hybridized carbons (Fsp3) is 0.0526. The van der Waals surface area contributed by atoms with Crippen molar-refractivity contribution in [2.75, 3.05) is 0 Å². The fourth-order valence-corrected chi connectivity index (χ4v) is 6.85. The largest absolute Gasteiger partial charge is 0.355 e. The molecule has 0 spiro atoms. The summed E-state index contributed by atoms with van der Waals surface area (Å²) < 4.78 is 28.2. The van der Waals surface area contributed by atoms with Gasteiger partial charge in [-0.2, -0.15) is 0 Å². The quantitative estimate of drug-likeness (QED) is 0.213. The van der Waals surface area contributed by atoms with Crippen LogP contribution >= 0.6 is 0 Å². The van der Waals surface area contributed by atoms with Crippen LogP contribution in [-0.4, -0.2) is 17.4 Å². The van der Waals surface area contributed by atoms with E-state index in [1.165, 1.54) is 31.7 Å². The predicted molar refractivity (Wildman–Crippen MR) is 180 cm³/mol. The molecule has 2 heterocycles. The van der Waals surface area contributed by atoms with Crippen LogP contribution in [-0.2, 0) is 16.4 Å². The standard InChI is InChI=1S/C22H17NO2S.C16H15N/c1-2-17-9-8-11-18(15-17)22-16-19-10-6-7-14-21(19)23(22)26(24,25)20-12-4-3-5-13-20;1-2-12-6-5-8-13(10-12)16-11-14-7-3-4-9-15(14)17-16/h2-16H,1H2;3-11,17H,2H2,1H3. The highest BCUT2D eigenvalue weighted by atomic mass is 32.2. The first-order valence-electron chi connectivity index (χ1n) is 14.3. The van der Waals surface area contributed by atoms with E-state index < -0.39 is 10.0 Å². The Balaban J connectivity index is 0.000000167. The Bertz CT molecular complexity index is 2120. The van der Waals surface area contributed by atoms with Crippen LogP contribution in [0.5, 0.6) is 0 Å². The van der Waals surface area contributed by atoms with Gasteiger partial charge in [0.05, 0.1) is 16.1 Å². The van der Waals surface area contributed by atoms with E-state index in [4.69, 9.17) is 0 Å². The third-order valence-electron chi connectivity index (χ3n) is 7.54. The number of aromatic nitrogens is 2. The number of nitrogens with one attached hydrogen (secondary N) is 1. The van der Waals surface area contributed by atoms with E-state index in [1.54, 1.807) is 36.4 Å². The summed E-state index contributed by atoms with van der Waals surface area (Å²) in [6.07, 6.45) is 2.83. The second kappa shape index (κ2) is 12.0. The number of aromatic amines is 1. The fourth-order valence-electron chi connectivity index (χ4n) is 5.30. The van der Waals surface area contributed by atoms with Crippen LogP contribution in [0.2, 0.25) is 0 Å². The van der Waals surface area contributed by atoms with Crippen LogP contribution in [0, 0.1) is 0 Å². The van der Waals surface area contributed by atoms with Gasteiger partial charge in [0, 0.05) is 22.0 Å². The second-order valence-electron chi connectivity index (χ2n) is 10.3. The SMILES string of the molecule is C=Cc1cccc(-c2cc3ccccc3n2S(=O)(=O)c2ccccc2)c1.CCc1cccc(-c2cc3ccccc3[nH]2)c1. The molecule has 2 aromatic heterocycles. The van der Waals surface area contributed by atoms with E-state index >= 15 is 0 Å². The highest BCUT2D eigenvalue weighted by Crippen LogP contribution is 2.33. The van der Waals surface area contributed by atoms with Gasteiger partial charge in [-0.15, -0.1) is 0 Å². The molecule has 0 unspecified atom stereocenters. The molecule has 5 aromatic carbocycles. The van der Waals surface area contributed by atoms with E-state index in [0.29, 0.717) is 11.2 Å². The van der Waals surface area contributed by atoms with Crippen molar-refractivity contribution in [1.82, 2.24) is 8.96 Å². The van der Waals surface area contributed by atoms with Crippen LogP contribution in [0.4, 0.5) is 0 Å². The Labute approximate surface area is 252 Å². The van der Waals surface area contributed by atoms with Gasteiger partial charge < -0.3 is 4.98 Å². The average Bonchev–Trinajstić information content (AvgIpc) is 3.68. The van der Waals surface area contributed by atoms with Gasteiger partial charge in [0.2, 0.25) is 0 Å². The Morgan fingerprint density at radius 1 is 0.698 bits per heavy atom. The number of para-hydroxylation sites is 2. The predicted octanol–water partition coefficient (Wildman–Crippen LogP) is 9.59. The maximum atomic E-state index is 13.4. The minimum absolute atomic E-state index is 0.266. The first-order valence-corrected chi connectivity index (χ1v) is 15.7. The molecule has 0 radical (unpaired) electrons. The Hall–Kier alpha value is -5.13. The minimum atomic E-state index is -3.73. The number of hydrogen-bond donors (Lipinski definition) is 1. The van der Waals surface area contributed by atoms with Gasteiger partial charge in [0.25, 0.3) is 10.0 Å². The molecule has 0 saturated carbocycles. The summed E-state index contributed by atoms with van der Waals surface area (Å²) in [5.41, 5.74) is 8.11. The molecular weight excluding hydrogens is 548 g/mol. The van der Waals surface area contributed by atoms with Crippen LogP contribution < -0.4 is 0 Å². The molecule has 5 heteroatoms. The number of H-pyrrole nitrogens is 1. The van der Waals surface area contributed by atoms with Crippen molar-refractivity contribution in [3.8, 4) is 22.5 Å². The summed E-state index contributed by atoms with van der Waals surface area (Å²) in [7, 11) is -3.73. The summed E-state index contributed by atoms with van der Waals surface area (Å²) in [5.74, 6) is 0. The number of nitrogens with zero attached hydrogens (tertiary/aromatic N) is 1. The topological polar surface area (TPSA) is 54.9 Å². The van der Waals surface area contributed by atoms with E-state index in [9.17, 15) is 8.42 Å². The van der Waals surface area contributed by atoms with Crippen molar-refractivity contribution < 1.29 is 8.42 Å². The van der Waals surface area contributed by atoms with Gasteiger partial charge in [-0.1, -0.05) is 111 Å². The molecule has 0 atom stereocenters. The zero-order valence-corrected chi connectivity index (χ0v) is 24.8. The molecule has 0 bridgehead atoms. The smallest absolute Gasteiger partial charge is 0.268 e. The van der Waals surface area contributed by atoms with E-state index in [-0.39, 0.29) is 4.90 Å². The monoisotopic (exact) mass is 580 g/mol. The summed E-state index contributed by atoms with van der Waals surface area (Å²) in [4.78, 5) is 3.73. The van der Waals surface area contributed by atoms with Gasteiger partial charge in [0.15, 0.2) is 0 Å². The van der Waals surface area contributed by atoms with Gasteiger partial charge in [-0.3, -0.25) is 0 Å². The molecule has 43 heavy (non-hydrogen) atoms. The third kappa shape index (κ3) is 5.68. The Morgan fingerprint density at radius 3 is 2.16 bits per heavy atom. The first kappa shape index (κ1) is 28.0. The molecule has 7 rings (SSSR count). The van der Waals surface area contributed by atoms with Gasteiger partial charge in [-0.05, 0) is 77.2 Å². The lowest BCUT2D eigenvalue weighted by Gasteiger charge is -2.12. The van der Waals surface area contributed by atoms with E-state index in [2.05, 4.69) is 73.1 Å². The number of hydrogen-bond acceptors (Lipinski definition) is 2. The molecule has 0 amide bonds. The molecule has 1 N–H and O–H groups in total. The van der Waals surface area contributed by atoms with Gasteiger partial charge in [-0.25, -0.2) is 12.4 Å². The van der Waals surface area contributed by atoms with Gasteiger partial charge >= 0.3 is 0 Å². The number of aryl methyl sites for hydroxylation is 1. The lowest BCUT2D eigenvalue weighted by atomic mass is 10.1. The van der Waals surface area contributed by atoms with Crippen molar-refractivity contribution in [2.45, 2.75) is 18.2 Å². The van der Waals surface area contributed by atoms with Crippen molar-refractivity contribution in [3.63, 3.8) is 0 Å². The van der Waals surface area contributed by atoms with Crippen molar-refractivity contribution in [3.05, 3.63) is 157 Å². The Kier molecular flexibility index (Phi) is 7.82. The molecule has 0 aliphatic carbocycles. The van der Waals surface area contributed by atoms with Crippen molar-refractivity contribution >= 4 is 37.9 Å². The molecule has 0 aliphatic rings. The zero-order valence-electron chi connectivity index (χ0n) is 23.9. The zero-order chi connectivity index (χ0) is 29.8. The van der Waals surface area contributed by atoms with Crippen molar-refractivity contribution in [1.29, 1.82) is 0 Å². The maximum Gasteiger partial charge on any atom is 0.268 e. The first-order chi connectivity index (χ1) is 21.0. The minimum Gasteiger partial charge on any atom is -0.355 e. The molecule has 0 saturated heterocycles. The normalized spacial score (nSPS) is 11.3. The third-order valence-corrected chi connectivity index (χ3v) is 9.28. The molecule has 0 fully saturated rings. The Morgan fingerprint density at radius 2 is 1.40 bits per heavy atom. The van der Waals surface area contributed by atoms with Crippen LogP contribution in [0.25, 0.3) is 50.4 Å². The van der Waals surface area contributed by atoms with Crippen molar-refractivity contribution in [2.24, 2.45) is 0 Å². The van der Waals surface area contributed by atoms with Crippen LogP contribution in [0.15, 0.2) is 151 Å². The lowest BCUT2D eigenvalue weighted by molar-refractivity contribution is 0.589. The number of benzene rings is 5. The van der Waals surface area contributed by atoms with Gasteiger partial charge in [0.1, 0.15) is 0 Å². The summed E-state index contributed by atoms with van der Waals surface area (Å²) >= 11 is 0. The molecule has 7 aromatic rings. The van der Waals surface area contributed by atoms with Crippen LogP contribution in [0.1, 0.15) is 18.1 Å². The second-order valence-corrected chi connectivity index (χ2v) is 12.1. The summed E-state index contributed by atoms with van der Waals surface area (Å²) in [6.45, 7) is 5.99. The average molecular weight is 581 g/mol. The molecule has 0 aliphatic heterocycles.